The van der Waals surface area contributed by atoms with Crippen LogP contribution >= 0.6 is 0 Å². The van der Waals surface area contributed by atoms with E-state index < -0.39 is 46.6 Å². The first-order valence-electron chi connectivity index (χ1n) is 8.67. The summed E-state index contributed by atoms with van der Waals surface area (Å²) in [5, 5.41) is 8.91. The first kappa shape index (κ1) is 22.1. The fourth-order valence-electron chi connectivity index (χ4n) is 3.25. The summed E-state index contributed by atoms with van der Waals surface area (Å²) in [5.74, 6) is -0.922. The Morgan fingerprint density at radius 2 is 1.48 bits per heavy atom. The molecule has 0 atom stereocenters. The highest BCUT2D eigenvalue weighted by Crippen LogP contribution is 2.43. The summed E-state index contributed by atoms with van der Waals surface area (Å²) >= 11 is 0. The van der Waals surface area contributed by atoms with Gasteiger partial charge in [-0.3, -0.25) is 9.69 Å². The molecule has 1 aliphatic heterocycles. The molecule has 3 rings (SSSR count). The predicted molar refractivity (Wildman–Crippen MR) is 97.0 cm³/mol. The van der Waals surface area contributed by atoms with Crippen LogP contribution in [0, 0.1) is 11.3 Å². The lowest BCUT2D eigenvalue weighted by atomic mass is 10.00. The number of urea groups is 1. The van der Waals surface area contributed by atoms with Crippen LogP contribution in [-0.4, -0.2) is 17.5 Å². The standard InChI is InChI=1S/C20H13F6N3O2/c1-18(2)16(30)28(13-6-4-12(5-7-13)19(21,22)23)17(31)29(18)15-8-3-11(10-27)9-14(15)20(24,25)26/h3-9H,1-2H3. The van der Waals surface area contributed by atoms with Crippen LogP contribution in [0.25, 0.3) is 0 Å². The lowest BCUT2D eigenvalue weighted by molar-refractivity contribution is -0.138. The van der Waals surface area contributed by atoms with Gasteiger partial charge in [-0.25, -0.2) is 9.69 Å². The van der Waals surface area contributed by atoms with E-state index in [1.165, 1.54) is 13.8 Å². The molecule has 11 heteroatoms. The minimum absolute atomic E-state index is 0.222. The molecule has 31 heavy (non-hydrogen) atoms. The molecule has 0 saturated carbocycles. The monoisotopic (exact) mass is 441 g/mol. The summed E-state index contributed by atoms with van der Waals surface area (Å²) in [4.78, 5) is 27.1. The van der Waals surface area contributed by atoms with Crippen LogP contribution in [-0.2, 0) is 17.1 Å². The van der Waals surface area contributed by atoms with Crippen LogP contribution in [0.5, 0.6) is 0 Å². The van der Waals surface area contributed by atoms with E-state index >= 15 is 0 Å². The number of carbonyl (C=O) groups is 2. The number of halogens is 6. The summed E-state index contributed by atoms with van der Waals surface area (Å²) in [6.07, 6.45) is -9.59. The number of alkyl halides is 6. The number of rotatable bonds is 2. The number of imide groups is 1. The van der Waals surface area contributed by atoms with Gasteiger partial charge in [0.25, 0.3) is 5.91 Å². The van der Waals surface area contributed by atoms with Crippen molar-refractivity contribution >= 4 is 23.3 Å². The number of anilines is 2. The van der Waals surface area contributed by atoms with E-state index in [1.54, 1.807) is 6.07 Å². The zero-order valence-electron chi connectivity index (χ0n) is 16.0. The third kappa shape index (κ3) is 3.69. The molecule has 0 unspecified atom stereocenters. The van der Waals surface area contributed by atoms with Crippen molar-refractivity contribution in [3.05, 3.63) is 59.2 Å². The molecular weight excluding hydrogens is 428 g/mol. The van der Waals surface area contributed by atoms with Gasteiger partial charge in [0.15, 0.2) is 0 Å². The predicted octanol–water partition coefficient (Wildman–Crippen LogP) is 5.35. The molecule has 1 saturated heterocycles. The van der Waals surface area contributed by atoms with E-state index in [2.05, 4.69) is 0 Å². The number of hydrogen-bond donors (Lipinski definition) is 0. The van der Waals surface area contributed by atoms with Crippen LogP contribution < -0.4 is 9.80 Å². The van der Waals surface area contributed by atoms with Crippen molar-refractivity contribution in [2.45, 2.75) is 31.7 Å². The second kappa shape index (κ2) is 7.01. The summed E-state index contributed by atoms with van der Waals surface area (Å²) in [7, 11) is 0. The molecular formula is C20H13F6N3O2. The van der Waals surface area contributed by atoms with Gasteiger partial charge in [0.2, 0.25) is 0 Å². The Bertz CT molecular complexity index is 1100. The molecule has 2 aromatic rings. The van der Waals surface area contributed by atoms with Crippen LogP contribution in [0.15, 0.2) is 42.5 Å². The number of hydrogen-bond acceptors (Lipinski definition) is 3. The van der Waals surface area contributed by atoms with Crippen LogP contribution in [0.2, 0.25) is 0 Å². The first-order chi connectivity index (χ1) is 14.2. The molecule has 0 radical (unpaired) electrons. The molecule has 0 bridgehead atoms. The van der Waals surface area contributed by atoms with E-state index in [9.17, 15) is 35.9 Å². The Balaban J connectivity index is 2.12. The van der Waals surface area contributed by atoms with E-state index in [0.29, 0.717) is 28.0 Å². The topological polar surface area (TPSA) is 64.4 Å². The molecule has 0 N–H and O–H groups in total. The fraction of sp³-hybridized carbons (Fsp3) is 0.250. The molecule has 5 nitrogen and oxygen atoms in total. The van der Waals surface area contributed by atoms with Gasteiger partial charge in [-0.1, -0.05) is 0 Å². The van der Waals surface area contributed by atoms with Crippen LogP contribution in [0.4, 0.5) is 42.5 Å². The van der Waals surface area contributed by atoms with Gasteiger partial charge in [-0.2, -0.15) is 31.6 Å². The molecule has 1 heterocycles. The molecule has 0 aromatic heterocycles. The van der Waals surface area contributed by atoms with E-state index in [1.807, 2.05) is 0 Å². The van der Waals surface area contributed by atoms with Gasteiger partial charge < -0.3 is 0 Å². The average molecular weight is 441 g/mol. The molecule has 2 aromatic carbocycles. The largest absolute Gasteiger partial charge is 0.418 e. The molecule has 1 aliphatic rings. The second-order valence-corrected chi connectivity index (χ2v) is 7.20. The van der Waals surface area contributed by atoms with Gasteiger partial charge in [-0.15, -0.1) is 0 Å². The van der Waals surface area contributed by atoms with E-state index in [-0.39, 0.29) is 11.3 Å². The van der Waals surface area contributed by atoms with Gasteiger partial charge in [0, 0.05) is 0 Å². The Labute approximate surface area is 172 Å². The lowest BCUT2D eigenvalue weighted by Gasteiger charge is -2.30. The Morgan fingerprint density at radius 3 is 1.97 bits per heavy atom. The maximum absolute atomic E-state index is 13.6. The lowest BCUT2D eigenvalue weighted by Crippen LogP contribution is -2.45. The molecule has 162 valence electrons. The fourth-order valence-corrected chi connectivity index (χ4v) is 3.25. The first-order valence-corrected chi connectivity index (χ1v) is 8.67. The quantitative estimate of drug-likeness (QED) is 0.466. The number of benzene rings is 2. The summed E-state index contributed by atoms with van der Waals surface area (Å²) in [5.41, 5.74) is -5.27. The highest BCUT2D eigenvalue weighted by Gasteiger charge is 2.54. The van der Waals surface area contributed by atoms with Crippen molar-refractivity contribution in [2.75, 3.05) is 9.80 Å². The van der Waals surface area contributed by atoms with Crippen molar-refractivity contribution in [1.29, 1.82) is 5.26 Å². The van der Waals surface area contributed by atoms with Gasteiger partial charge >= 0.3 is 18.4 Å². The Kier molecular flexibility index (Phi) is 5.00. The van der Waals surface area contributed by atoms with Gasteiger partial charge in [0.05, 0.1) is 34.1 Å². The van der Waals surface area contributed by atoms with Crippen molar-refractivity contribution < 1.29 is 35.9 Å². The third-order valence-electron chi connectivity index (χ3n) is 4.79. The molecule has 3 amide bonds. The number of carbonyl (C=O) groups excluding carboxylic acids is 2. The number of nitriles is 1. The minimum atomic E-state index is -4.94. The van der Waals surface area contributed by atoms with Crippen LogP contribution in [0.1, 0.15) is 30.5 Å². The number of amides is 3. The van der Waals surface area contributed by atoms with Gasteiger partial charge in [0.1, 0.15) is 5.54 Å². The van der Waals surface area contributed by atoms with Crippen molar-refractivity contribution in [2.24, 2.45) is 0 Å². The van der Waals surface area contributed by atoms with Crippen molar-refractivity contribution in [3.63, 3.8) is 0 Å². The van der Waals surface area contributed by atoms with Crippen LogP contribution in [0.3, 0.4) is 0 Å². The third-order valence-corrected chi connectivity index (χ3v) is 4.79. The minimum Gasteiger partial charge on any atom is -0.278 e. The maximum atomic E-state index is 13.6. The van der Waals surface area contributed by atoms with Gasteiger partial charge in [-0.05, 0) is 56.3 Å². The molecule has 0 spiro atoms. The number of nitrogens with zero attached hydrogens (tertiary/aromatic N) is 3. The maximum Gasteiger partial charge on any atom is 0.418 e. The van der Waals surface area contributed by atoms with Crippen molar-refractivity contribution in [3.8, 4) is 6.07 Å². The summed E-state index contributed by atoms with van der Waals surface area (Å²) in [6.45, 7) is 2.44. The molecule has 0 aliphatic carbocycles. The van der Waals surface area contributed by atoms with E-state index in [4.69, 9.17) is 5.26 Å². The zero-order valence-corrected chi connectivity index (χ0v) is 16.0. The van der Waals surface area contributed by atoms with E-state index in [0.717, 1.165) is 24.3 Å². The normalized spacial score (nSPS) is 16.6. The summed E-state index contributed by atoms with van der Waals surface area (Å²) < 4.78 is 79.2. The highest BCUT2D eigenvalue weighted by molar-refractivity contribution is 6.30. The van der Waals surface area contributed by atoms with Crippen molar-refractivity contribution in [1.82, 2.24) is 0 Å². The highest BCUT2D eigenvalue weighted by atomic mass is 19.4. The SMILES string of the molecule is CC1(C)C(=O)N(c2ccc(C(F)(F)F)cc2)C(=O)N1c1ccc(C#N)cc1C(F)(F)F. The molecule has 1 fully saturated rings. The second-order valence-electron chi connectivity index (χ2n) is 7.20. The summed E-state index contributed by atoms with van der Waals surface area (Å²) in [6, 6.07) is 6.05. The zero-order chi connectivity index (χ0) is 23.4. The Morgan fingerprint density at radius 1 is 0.903 bits per heavy atom. The Hall–Kier alpha value is -3.55. The average Bonchev–Trinajstić information content (AvgIpc) is 2.84. The smallest absolute Gasteiger partial charge is 0.278 e.